The Balaban J connectivity index is 2.84. The van der Waals surface area contributed by atoms with Crippen molar-refractivity contribution in [3.63, 3.8) is 0 Å². The van der Waals surface area contributed by atoms with E-state index >= 15 is 0 Å². The van der Waals surface area contributed by atoms with E-state index in [4.69, 9.17) is 10.5 Å². The van der Waals surface area contributed by atoms with E-state index < -0.39 is 0 Å². The van der Waals surface area contributed by atoms with Gasteiger partial charge in [-0.15, -0.1) is 0 Å². The summed E-state index contributed by atoms with van der Waals surface area (Å²) in [7, 11) is 1.66. The molecule has 1 aromatic rings. The molecule has 0 saturated carbocycles. The first-order valence-corrected chi connectivity index (χ1v) is 4.95. The molecule has 1 atom stereocenters. The van der Waals surface area contributed by atoms with Gasteiger partial charge in [-0.05, 0) is 24.1 Å². The molecule has 0 aliphatic carbocycles. The predicted molar refractivity (Wildman–Crippen MR) is 57.7 cm³/mol. The van der Waals surface area contributed by atoms with Crippen LogP contribution in [0.15, 0.2) is 22.7 Å². The Hall–Kier alpha value is -0.380. The van der Waals surface area contributed by atoms with Crippen LogP contribution >= 0.6 is 15.9 Å². The maximum atomic E-state index is 5.88. The largest absolute Gasteiger partial charge is 0.383 e. The summed E-state index contributed by atoms with van der Waals surface area (Å²) in [4.78, 5) is 0. The van der Waals surface area contributed by atoms with Crippen LogP contribution in [0.1, 0.15) is 17.2 Å². The molecule has 0 aliphatic rings. The molecule has 0 fully saturated rings. The van der Waals surface area contributed by atoms with Gasteiger partial charge in [0.05, 0.1) is 12.6 Å². The molecule has 0 unspecified atom stereocenters. The number of benzene rings is 1. The Morgan fingerprint density at radius 1 is 1.54 bits per heavy atom. The topological polar surface area (TPSA) is 35.2 Å². The Morgan fingerprint density at radius 3 is 2.77 bits per heavy atom. The van der Waals surface area contributed by atoms with Gasteiger partial charge in [-0.25, -0.2) is 0 Å². The number of nitrogens with two attached hydrogens (primary N) is 1. The summed E-state index contributed by atoms with van der Waals surface area (Å²) in [5.41, 5.74) is 8.20. The quantitative estimate of drug-likeness (QED) is 0.886. The zero-order valence-electron chi connectivity index (χ0n) is 7.88. The highest BCUT2D eigenvalue weighted by atomic mass is 79.9. The fourth-order valence-corrected chi connectivity index (χ4v) is 1.42. The molecule has 2 nitrogen and oxygen atoms in total. The van der Waals surface area contributed by atoms with E-state index in [0.717, 1.165) is 10.0 Å². The van der Waals surface area contributed by atoms with Crippen molar-refractivity contribution in [3.05, 3.63) is 33.8 Å². The van der Waals surface area contributed by atoms with E-state index in [0.29, 0.717) is 6.61 Å². The summed E-state index contributed by atoms with van der Waals surface area (Å²) in [6, 6.07) is 6.08. The van der Waals surface area contributed by atoms with Gasteiger partial charge in [-0.3, -0.25) is 0 Å². The molecule has 0 heterocycles. The van der Waals surface area contributed by atoms with E-state index in [1.807, 2.05) is 19.1 Å². The van der Waals surface area contributed by atoms with Crippen LogP contribution in [0, 0.1) is 6.92 Å². The molecule has 0 aromatic heterocycles. The van der Waals surface area contributed by atoms with Gasteiger partial charge in [0, 0.05) is 11.6 Å². The number of hydrogen-bond acceptors (Lipinski definition) is 2. The molecule has 13 heavy (non-hydrogen) atoms. The zero-order chi connectivity index (χ0) is 9.84. The van der Waals surface area contributed by atoms with Gasteiger partial charge in [0.25, 0.3) is 0 Å². The molecule has 3 heteroatoms. The first kappa shape index (κ1) is 10.7. The van der Waals surface area contributed by atoms with Crippen molar-refractivity contribution in [2.75, 3.05) is 13.7 Å². The Bertz CT molecular complexity index is 288. The van der Waals surface area contributed by atoms with Crippen molar-refractivity contribution < 1.29 is 4.74 Å². The van der Waals surface area contributed by atoms with Crippen molar-refractivity contribution >= 4 is 15.9 Å². The van der Waals surface area contributed by atoms with Crippen LogP contribution in [0.3, 0.4) is 0 Å². The van der Waals surface area contributed by atoms with E-state index in [1.54, 1.807) is 7.11 Å². The second kappa shape index (κ2) is 4.74. The minimum Gasteiger partial charge on any atom is -0.383 e. The molecular weight excluding hydrogens is 230 g/mol. The highest BCUT2D eigenvalue weighted by molar-refractivity contribution is 9.10. The van der Waals surface area contributed by atoms with Gasteiger partial charge >= 0.3 is 0 Å². The lowest BCUT2D eigenvalue weighted by atomic mass is 10.1. The Labute approximate surface area is 87.2 Å². The number of rotatable bonds is 3. The maximum Gasteiger partial charge on any atom is 0.0655 e. The third-order valence-corrected chi connectivity index (χ3v) is 2.85. The molecule has 0 spiro atoms. The average Bonchev–Trinajstić information content (AvgIpc) is 2.10. The lowest BCUT2D eigenvalue weighted by molar-refractivity contribution is 0.181. The highest BCUT2D eigenvalue weighted by Crippen LogP contribution is 2.20. The molecular formula is C10H14BrNO. The Kier molecular flexibility index (Phi) is 3.90. The first-order valence-electron chi connectivity index (χ1n) is 4.15. The van der Waals surface area contributed by atoms with Crippen LogP contribution in [0.5, 0.6) is 0 Å². The van der Waals surface area contributed by atoms with Gasteiger partial charge < -0.3 is 10.5 Å². The average molecular weight is 244 g/mol. The lowest BCUT2D eigenvalue weighted by Gasteiger charge is -2.11. The van der Waals surface area contributed by atoms with Crippen molar-refractivity contribution in [1.82, 2.24) is 0 Å². The summed E-state index contributed by atoms with van der Waals surface area (Å²) >= 11 is 3.45. The van der Waals surface area contributed by atoms with Crippen molar-refractivity contribution in [2.45, 2.75) is 13.0 Å². The van der Waals surface area contributed by atoms with E-state index in [1.165, 1.54) is 5.56 Å². The molecule has 0 aliphatic heterocycles. The minimum atomic E-state index is -0.0307. The monoisotopic (exact) mass is 243 g/mol. The fraction of sp³-hybridized carbons (Fsp3) is 0.400. The lowest BCUT2D eigenvalue weighted by Crippen LogP contribution is -2.16. The van der Waals surface area contributed by atoms with Gasteiger partial charge in [-0.2, -0.15) is 0 Å². The third-order valence-electron chi connectivity index (χ3n) is 1.96. The smallest absolute Gasteiger partial charge is 0.0655 e. The molecule has 0 radical (unpaired) electrons. The summed E-state index contributed by atoms with van der Waals surface area (Å²) in [5, 5.41) is 0. The normalized spacial score (nSPS) is 12.9. The summed E-state index contributed by atoms with van der Waals surface area (Å²) in [5.74, 6) is 0. The van der Waals surface area contributed by atoms with Crippen LogP contribution in [-0.4, -0.2) is 13.7 Å². The second-order valence-corrected chi connectivity index (χ2v) is 3.92. The fourth-order valence-electron chi connectivity index (χ4n) is 1.17. The third kappa shape index (κ3) is 2.79. The number of aryl methyl sites for hydroxylation is 1. The molecule has 1 rings (SSSR count). The predicted octanol–water partition coefficient (Wildman–Crippen LogP) is 2.40. The van der Waals surface area contributed by atoms with E-state index in [2.05, 4.69) is 22.0 Å². The van der Waals surface area contributed by atoms with Gasteiger partial charge in [0.1, 0.15) is 0 Å². The number of hydrogen-bond donors (Lipinski definition) is 1. The van der Waals surface area contributed by atoms with Gasteiger partial charge in [0.15, 0.2) is 0 Å². The summed E-state index contributed by atoms with van der Waals surface area (Å²) in [6.45, 7) is 2.61. The molecule has 0 bridgehead atoms. The molecule has 72 valence electrons. The number of halogens is 1. The molecule has 0 saturated heterocycles. The first-order chi connectivity index (χ1) is 6.15. The minimum absolute atomic E-state index is 0.0307. The molecule has 1 aromatic carbocycles. The van der Waals surface area contributed by atoms with Crippen LogP contribution < -0.4 is 5.73 Å². The van der Waals surface area contributed by atoms with E-state index in [9.17, 15) is 0 Å². The Morgan fingerprint density at radius 2 is 2.23 bits per heavy atom. The van der Waals surface area contributed by atoms with Crippen molar-refractivity contribution in [1.29, 1.82) is 0 Å². The second-order valence-electron chi connectivity index (χ2n) is 3.07. The van der Waals surface area contributed by atoms with Crippen molar-refractivity contribution in [2.24, 2.45) is 5.73 Å². The van der Waals surface area contributed by atoms with Crippen LogP contribution in [0.25, 0.3) is 0 Å². The highest BCUT2D eigenvalue weighted by Gasteiger charge is 2.05. The summed E-state index contributed by atoms with van der Waals surface area (Å²) < 4.78 is 6.10. The molecule has 2 N–H and O–H groups in total. The van der Waals surface area contributed by atoms with Gasteiger partial charge in [-0.1, -0.05) is 28.1 Å². The zero-order valence-corrected chi connectivity index (χ0v) is 9.47. The molecule has 0 amide bonds. The number of ether oxygens (including phenoxy) is 1. The summed E-state index contributed by atoms with van der Waals surface area (Å²) in [6.07, 6.45) is 0. The van der Waals surface area contributed by atoms with Crippen LogP contribution in [-0.2, 0) is 4.74 Å². The maximum absolute atomic E-state index is 5.88. The van der Waals surface area contributed by atoms with Crippen LogP contribution in [0.4, 0.5) is 0 Å². The SMILES string of the molecule is COC[C@H](N)c1ccc(Br)c(C)c1. The standard InChI is InChI=1S/C10H14BrNO/c1-7-5-8(3-4-9(7)11)10(12)6-13-2/h3-5,10H,6,12H2,1-2H3/t10-/m0/s1. The van der Waals surface area contributed by atoms with Crippen LogP contribution in [0.2, 0.25) is 0 Å². The van der Waals surface area contributed by atoms with Crippen molar-refractivity contribution in [3.8, 4) is 0 Å². The van der Waals surface area contributed by atoms with Gasteiger partial charge in [0.2, 0.25) is 0 Å². The van der Waals surface area contributed by atoms with E-state index in [-0.39, 0.29) is 6.04 Å². The number of methoxy groups -OCH3 is 1.